The van der Waals surface area contributed by atoms with Crippen LogP contribution in [0.2, 0.25) is 10.0 Å². The first kappa shape index (κ1) is 14.6. The Morgan fingerprint density at radius 3 is 2.58 bits per heavy atom. The smallest absolute Gasteiger partial charge is 0.227 e. The molecule has 1 aromatic rings. The minimum Gasteiger partial charge on any atom is -0.342 e. The molecule has 1 aromatic carbocycles. The first-order chi connectivity index (χ1) is 9.10. The van der Waals surface area contributed by atoms with E-state index in [1.165, 1.54) is 0 Å². The number of hydrogen-bond donors (Lipinski definition) is 1. The SMILES string of the molecule is NCC1CCN(C(=O)Cc2ccc(Cl)cc2Cl)CC1. The molecule has 3 nitrogen and oxygen atoms in total. The van der Waals surface area contributed by atoms with E-state index in [-0.39, 0.29) is 5.91 Å². The van der Waals surface area contributed by atoms with Crippen molar-refractivity contribution in [2.24, 2.45) is 11.7 Å². The quantitative estimate of drug-likeness (QED) is 0.933. The fraction of sp³-hybridized carbons (Fsp3) is 0.500. The standard InChI is InChI=1S/C14H18Cl2N2O/c15-12-2-1-11(13(16)8-12)7-14(19)18-5-3-10(9-17)4-6-18/h1-2,8,10H,3-7,9,17H2. The predicted octanol–water partition coefficient (Wildman–Crippen LogP) is 2.73. The molecule has 0 saturated carbocycles. The largest absolute Gasteiger partial charge is 0.342 e. The second-order valence-electron chi connectivity index (χ2n) is 4.97. The number of hydrogen-bond acceptors (Lipinski definition) is 2. The summed E-state index contributed by atoms with van der Waals surface area (Å²) in [5.41, 5.74) is 6.48. The Morgan fingerprint density at radius 2 is 2.00 bits per heavy atom. The predicted molar refractivity (Wildman–Crippen MR) is 78.5 cm³/mol. The summed E-state index contributed by atoms with van der Waals surface area (Å²) in [4.78, 5) is 14.1. The van der Waals surface area contributed by atoms with E-state index in [4.69, 9.17) is 28.9 Å². The monoisotopic (exact) mass is 300 g/mol. The molecule has 1 amide bonds. The van der Waals surface area contributed by atoms with E-state index in [0.717, 1.165) is 31.5 Å². The van der Waals surface area contributed by atoms with Gasteiger partial charge in [-0.2, -0.15) is 0 Å². The molecule has 1 aliphatic heterocycles. The lowest BCUT2D eigenvalue weighted by Crippen LogP contribution is -2.40. The van der Waals surface area contributed by atoms with Crippen molar-refractivity contribution in [1.82, 2.24) is 4.90 Å². The maximum absolute atomic E-state index is 12.2. The molecule has 0 aromatic heterocycles. The van der Waals surface area contributed by atoms with Crippen LogP contribution in [0, 0.1) is 5.92 Å². The molecule has 0 radical (unpaired) electrons. The second kappa shape index (κ2) is 6.60. The van der Waals surface area contributed by atoms with Crippen molar-refractivity contribution >= 4 is 29.1 Å². The van der Waals surface area contributed by atoms with Crippen molar-refractivity contribution in [2.45, 2.75) is 19.3 Å². The highest BCUT2D eigenvalue weighted by Crippen LogP contribution is 2.23. The molecule has 1 heterocycles. The normalized spacial score (nSPS) is 16.7. The van der Waals surface area contributed by atoms with Gasteiger partial charge in [0.15, 0.2) is 0 Å². The Bertz CT molecular complexity index is 457. The van der Waals surface area contributed by atoms with Crippen LogP contribution in [-0.4, -0.2) is 30.4 Å². The van der Waals surface area contributed by atoms with Crippen molar-refractivity contribution in [2.75, 3.05) is 19.6 Å². The fourth-order valence-corrected chi connectivity index (χ4v) is 2.83. The van der Waals surface area contributed by atoms with E-state index >= 15 is 0 Å². The molecule has 0 unspecified atom stereocenters. The van der Waals surface area contributed by atoms with E-state index in [9.17, 15) is 4.79 Å². The summed E-state index contributed by atoms with van der Waals surface area (Å²) in [5.74, 6) is 0.683. The number of likely N-dealkylation sites (tertiary alicyclic amines) is 1. The number of nitrogens with zero attached hydrogens (tertiary/aromatic N) is 1. The van der Waals surface area contributed by atoms with E-state index in [0.29, 0.717) is 28.9 Å². The topological polar surface area (TPSA) is 46.3 Å². The van der Waals surface area contributed by atoms with Crippen molar-refractivity contribution in [3.8, 4) is 0 Å². The molecule has 0 spiro atoms. The van der Waals surface area contributed by atoms with Gasteiger partial charge in [-0.15, -0.1) is 0 Å². The number of piperidine rings is 1. The average Bonchev–Trinajstić information content (AvgIpc) is 2.42. The molecular formula is C14H18Cl2N2O. The average molecular weight is 301 g/mol. The molecule has 1 saturated heterocycles. The summed E-state index contributed by atoms with van der Waals surface area (Å²) in [6, 6.07) is 5.25. The van der Waals surface area contributed by atoms with Crippen LogP contribution in [0.25, 0.3) is 0 Å². The van der Waals surface area contributed by atoms with E-state index in [1.807, 2.05) is 11.0 Å². The van der Waals surface area contributed by atoms with Crippen LogP contribution >= 0.6 is 23.2 Å². The van der Waals surface area contributed by atoms with Gasteiger partial charge >= 0.3 is 0 Å². The van der Waals surface area contributed by atoms with Gasteiger partial charge in [-0.3, -0.25) is 4.79 Å². The number of rotatable bonds is 3. The summed E-state index contributed by atoms with van der Waals surface area (Å²) in [6.45, 7) is 2.31. The Hall–Kier alpha value is -0.770. The van der Waals surface area contributed by atoms with Gasteiger partial charge < -0.3 is 10.6 Å². The Labute approximate surface area is 123 Å². The lowest BCUT2D eigenvalue weighted by atomic mass is 9.96. The molecule has 1 aliphatic rings. The van der Waals surface area contributed by atoms with Gasteiger partial charge in [0, 0.05) is 23.1 Å². The molecule has 104 valence electrons. The van der Waals surface area contributed by atoms with Crippen molar-refractivity contribution in [1.29, 1.82) is 0 Å². The third-order valence-corrected chi connectivity index (χ3v) is 4.24. The van der Waals surface area contributed by atoms with Gasteiger partial charge in [0.2, 0.25) is 5.91 Å². The van der Waals surface area contributed by atoms with Gasteiger partial charge in [-0.1, -0.05) is 29.3 Å². The lowest BCUT2D eigenvalue weighted by Gasteiger charge is -2.31. The third-order valence-electron chi connectivity index (χ3n) is 3.66. The van der Waals surface area contributed by atoms with Gasteiger partial charge in [-0.05, 0) is 43.0 Å². The zero-order chi connectivity index (χ0) is 13.8. The summed E-state index contributed by atoms with van der Waals surface area (Å²) < 4.78 is 0. The molecule has 2 rings (SSSR count). The first-order valence-electron chi connectivity index (χ1n) is 6.52. The minimum atomic E-state index is 0.125. The summed E-state index contributed by atoms with van der Waals surface area (Å²) in [6.07, 6.45) is 2.33. The van der Waals surface area contributed by atoms with Gasteiger partial charge in [0.25, 0.3) is 0 Å². The maximum Gasteiger partial charge on any atom is 0.227 e. The van der Waals surface area contributed by atoms with Crippen LogP contribution in [0.1, 0.15) is 18.4 Å². The van der Waals surface area contributed by atoms with Crippen LogP contribution in [0.3, 0.4) is 0 Å². The molecule has 0 aliphatic carbocycles. The van der Waals surface area contributed by atoms with Crippen LogP contribution in [0.4, 0.5) is 0 Å². The summed E-state index contributed by atoms with van der Waals surface area (Å²) in [5, 5.41) is 1.14. The number of carbonyl (C=O) groups is 1. The highest BCUT2D eigenvalue weighted by atomic mass is 35.5. The van der Waals surface area contributed by atoms with E-state index in [1.54, 1.807) is 12.1 Å². The highest BCUT2D eigenvalue weighted by Gasteiger charge is 2.22. The van der Waals surface area contributed by atoms with Crippen LogP contribution in [0.5, 0.6) is 0 Å². The van der Waals surface area contributed by atoms with E-state index < -0.39 is 0 Å². The Kier molecular flexibility index (Phi) is 5.08. The van der Waals surface area contributed by atoms with Crippen LogP contribution in [-0.2, 0) is 11.2 Å². The molecular weight excluding hydrogens is 283 g/mol. The van der Waals surface area contributed by atoms with Gasteiger partial charge in [-0.25, -0.2) is 0 Å². The fourth-order valence-electron chi connectivity index (χ4n) is 2.36. The molecule has 19 heavy (non-hydrogen) atoms. The number of amides is 1. The number of carbonyl (C=O) groups excluding carboxylic acids is 1. The lowest BCUT2D eigenvalue weighted by molar-refractivity contribution is -0.131. The summed E-state index contributed by atoms with van der Waals surface area (Å²) >= 11 is 11.9. The maximum atomic E-state index is 12.2. The van der Waals surface area contributed by atoms with E-state index in [2.05, 4.69) is 0 Å². The minimum absolute atomic E-state index is 0.125. The van der Waals surface area contributed by atoms with Gasteiger partial charge in [0.05, 0.1) is 6.42 Å². The zero-order valence-electron chi connectivity index (χ0n) is 10.7. The number of benzene rings is 1. The first-order valence-corrected chi connectivity index (χ1v) is 7.27. The molecule has 5 heteroatoms. The molecule has 1 fully saturated rings. The Balaban J connectivity index is 1.94. The van der Waals surface area contributed by atoms with Crippen molar-refractivity contribution in [3.05, 3.63) is 33.8 Å². The molecule has 2 N–H and O–H groups in total. The third kappa shape index (κ3) is 3.85. The second-order valence-corrected chi connectivity index (χ2v) is 5.82. The number of nitrogens with two attached hydrogens (primary N) is 1. The number of halogens is 2. The molecule has 0 atom stereocenters. The van der Waals surface area contributed by atoms with Crippen molar-refractivity contribution in [3.63, 3.8) is 0 Å². The van der Waals surface area contributed by atoms with Crippen LogP contribution in [0.15, 0.2) is 18.2 Å². The highest BCUT2D eigenvalue weighted by molar-refractivity contribution is 6.35. The van der Waals surface area contributed by atoms with Gasteiger partial charge in [0.1, 0.15) is 0 Å². The zero-order valence-corrected chi connectivity index (χ0v) is 12.3. The van der Waals surface area contributed by atoms with Crippen LogP contribution < -0.4 is 5.73 Å². The van der Waals surface area contributed by atoms with Crippen molar-refractivity contribution < 1.29 is 4.79 Å². The summed E-state index contributed by atoms with van der Waals surface area (Å²) in [7, 11) is 0. The molecule has 0 bridgehead atoms. The Morgan fingerprint density at radius 1 is 1.32 bits per heavy atom.